The zero-order chi connectivity index (χ0) is 53.6. The van der Waals surface area contributed by atoms with Crippen molar-refractivity contribution in [2.45, 2.75) is 329 Å². The molecule has 0 saturated heterocycles. The van der Waals surface area contributed by atoms with Crippen molar-refractivity contribution >= 4 is 17.9 Å². The van der Waals surface area contributed by atoms with E-state index in [0.29, 0.717) is 19.3 Å². The van der Waals surface area contributed by atoms with Crippen LogP contribution in [0, 0.1) is 0 Å². The zero-order valence-corrected chi connectivity index (χ0v) is 49.1. The molecule has 6 heteroatoms. The van der Waals surface area contributed by atoms with Crippen LogP contribution in [-0.4, -0.2) is 37.2 Å². The first kappa shape index (κ1) is 70.8. The molecular weight excluding hydrogens is 913 g/mol. The summed E-state index contributed by atoms with van der Waals surface area (Å²) in [5, 5.41) is 0. The molecular formula is C68H120O6. The third-order valence-corrected chi connectivity index (χ3v) is 13.9. The Labute approximate surface area is 459 Å². The second kappa shape index (κ2) is 62.4. The highest BCUT2D eigenvalue weighted by Gasteiger charge is 2.19. The molecule has 0 aromatic carbocycles. The maximum Gasteiger partial charge on any atom is 0.306 e. The molecule has 0 bridgehead atoms. The molecule has 1 atom stereocenters. The molecule has 0 radical (unpaired) electrons. The van der Waals surface area contributed by atoms with Gasteiger partial charge in [-0.05, 0) is 89.9 Å². The van der Waals surface area contributed by atoms with Gasteiger partial charge in [-0.2, -0.15) is 0 Å². The molecule has 74 heavy (non-hydrogen) atoms. The van der Waals surface area contributed by atoms with Crippen LogP contribution in [0.15, 0.2) is 72.9 Å². The van der Waals surface area contributed by atoms with Gasteiger partial charge in [0.25, 0.3) is 0 Å². The van der Waals surface area contributed by atoms with Gasteiger partial charge in [-0.15, -0.1) is 0 Å². The van der Waals surface area contributed by atoms with Gasteiger partial charge in [-0.3, -0.25) is 14.4 Å². The van der Waals surface area contributed by atoms with Gasteiger partial charge >= 0.3 is 17.9 Å². The molecule has 0 aromatic heterocycles. The lowest BCUT2D eigenvalue weighted by molar-refractivity contribution is -0.167. The van der Waals surface area contributed by atoms with Crippen molar-refractivity contribution in [2.75, 3.05) is 13.2 Å². The quantitative estimate of drug-likeness (QED) is 0.0261. The summed E-state index contributed by atoms with van der Waals surface area (Å²) in [7, 11) is 0. The Bertz CT molecular complexity index is 1370. The van der Waals surface area contributed by atoms with Crippen LogP contribution in [0.5, 0.6) is 0 Å². The van der Waals surface area contributed by atoms with E-state index in [0.717, 1.165) is 96.3 Å². The Morgan fingerprint density at radius 3 is 0.851 bits per heavy atom. The van der Waals surface area contributed by atoms with Crippen LogP contribution < -0.4 is 0 Å². The lowest BCUT2D eigenvalue weighted by atomic mass is 10.0. The van der Waals surface area contributed by atoms with Gasteiger partial charge in [0.2, 0.25) is 0 Å². The lowest BCUT2D eigenvalue weighted by Gasteiger charge is -2.18. The summed E-state index contributed by atoms with van der Waals surface area (Å²) in [5.74, 6) is -0.870. The monoisotopic (exact) mass is 1030 g/mol. The van der Waals surface area contributed by atoms with Gasteiger partial charge in [0.1, 0.15) is 13.2 Å². The fraction of sp³-hybridized carbons (Fsp3) is 0.779. The van der Waals surface area contributed by atoms with Crippen molar-refractivity contribution in [2.24, 2.45) is 0 Å². The van der Waals surface area contributed by atoms with Gasteiger partial charge in [0.05, 0.1) is 0 Å². The van der Waals surface area contributed by atoms with Crippen LogP contribution in [0.4, 0.5) is 0 Å². The Balaban J connectivity index is 4.06. The highest BCUT2D eigenvalue weighted by molar-refractivity contribution is 5.71. The van der Waals surface area contributed by atoms with Crippen LogP contribution >= 0.6 is 0 Å². The van der Waals surface area contributed by atoms with Crippen LogP contribution in [0.1, 0.15) is 323 Å². The van der Waals surface area contributed by atoms with E-state index in [2.05, 4.69) is 93.7 Å². The van der Waals surface area contributed by atoms with Gasteiger partial charge in [-0.1, -0.05) is 286 Å². The maximum atomic E-state index is 12.8. The molecule has 0 N–H and O–H groups in total. The van der Waals surface area contributed by atoms with E-state index in [1.165, 1.54) is 186 Å². The minimum atomic E-state index is -0.774. The van der Waals surface area contributed by atoms with E-state index < -0.39 is 6.10 Å². The van der Waals surface area contributed by atoms with E-state index in [1.54, 1.807) is 0 Å². The van der Waals surface area contributed by atoms with E-state index in [-0.39, 0.29) is 31.1 Å². The topological polar surface area (TPSA) is 78.9 Å². The van der Waals surface area contributed by atoms with Crippen molar-refractivity contribution in [3.05, 3.63) is 72.9 Å². The first-order chi connectivity index (χ1) is 36.5. The normalized spacial score (nSPS) is 12.5. The predicted octanol–water partition coefficient (Wildman–Crippen LogP) is 21.7. The second-order valence-electron chi connectivity index (χ2n) is 21.3. The molecule has 0 aliphatic rings. The number of ether oxygens (including phenoxy) is 3. The Morgan fingerprint density at radius 2 is 0.527 bits per heavy atom. The molecule has 0 heterocycles. The van der Waals surface area contributed by atoms with Crippen LogP contribution in [0.25, 0.3) is 0 Å². The Kier molecular flexibility index (Phi) is 59.7. The van der Waals surface area contributed by atoms with Gasteiger partial charge in [0, 0.05) is 19.3 Å². The molecule has 0 aromatic rings. The van der Waals surface area contributed by atoms with Crippen LogP contribution in [0.3, 0.4) is 0 Å². The summed E-state index contributed by atoms with van der Waals surface area (Å²) in [6.07, 6.45) is 80.7. The standard InChI is InChI=1S/C68H120O6/c1-4-7-10-13-16-19-22-24-25-26-27-28-29-30-31-32-33-34-35-36-37-38-39-40-41-42-43-45-46-49-52-55-58-61-67(70)73-64-65(63-72-66(69)60-57-54-51-48-21-18-15-12-9-6-3)74-68(71)62-59-56-53-50-47-44-23-20-17-14-11-8-5-2/h7,10,16,19-20,23-25,27-28,30-31,65H,4-6,8-9,11-15,17-18,21-22,26,29,32-64H2,1-3H3/b10-7-,19-16-,23-20-,25-24-,28-27-,31-30-. The number of rotatable bonds is 58. The highest BCUT2D eigenvalue weighted by Crippen LogP contribution is 2.17. The minimum absolute atomic E-state index is 0.0734. The van der Waals surface area contributed by atoms with Crippen molar-refractivity contribution < 1.29 is 28.6 Å². The first-order valence-corrected chi connectivity index (χ1v) is 31.9. The zero-order valence-electron chi connectivity index (χ0n) is 49.1. The molecule has 0 saturated carbocycles. The SMILES string of the molecule is CC/C=C\C/C=C\C/C=C\C/C=C\C/C=C\CCCCCCCCCCCCCCCCCCCC(=O)OCC(COC(=O)CCCCCCCCCCCC)OC(=O)CCCCCCC/C=C\CCCCCC. The molecule has 0 fully saturated rings. The van der Waals surface area contributed by atoms with E-state index in [1.807, 2.05) is 0 Å². The molecule has 0 spiro atoms. The van der Waals surface area contributed by atoms with Crippen molar-refractivity contribution in [3.8, 4) is 0 Å². The van der Waals surface area contributed by atoms with Crippen molar-refractivity contribution in [3.63, 3.8) is 0 Å². The van der Waals surface area contributed by atoms with E-state index >= 15 is 0 Å². The molecule has 0 rings (SSSR count). The summed E-state index contributed by atoms with van der Waals surface area (Å²) in [6.45, 7) is 6.52. The second-order valence-corrected chi connectivity index (χ2v) is 21.3. The van der Waals surface area contributed by atoms with Gasteiger partial charge in [-0.25, -0.2) is 0 Å². The highest BCUT2D eigenvalue weighted by atomic mass is 16.6. The van der Waals surface area contributed by atoms with E-state index in [4.69, 9.17) is 14.2 Å². The summed E-state index contributed by atoms with van der Waals surface area (Å²) >= 11 is 0. The molecule has 6 nitrogen and oxygen atoms in total. The largest absolute Gasteiger partial charge is 0.462 e. The average Bonchev–Trinajstić information content (AvgIpc) is 3.40. The number of hydrogen-bond donors (Lipinski definition) is 0. The summed E-state index contributed by atoms with van der Waals surface area (Å²) in [4.78, 5) is 38.1. The fourth-order valence-electron chi connectivity index (χ4n) is 9.17. The minimum Gasteiger partial charge on any atom is -0.462 e. The number of carbonyl (C=O) groups is 3. The Hall–Kier alpha value is -3.15. The summed E-state index contributed by atoms with van der Waals surface area (Å²) in [5.41, 5.74) is 0. The van der Waals surface area contributed by atoms with E-state index in [9.17, 15) is 14.4 Å². The number of unbranched alkanes of at least 4 members (excludes halogenated alkanes) is 35. The Morgan fingerprint density at radius 1 is 0.284 bits per heavy atom. The van der Waals surface area contributed by atoms with Crippen LogP contribution in [0.2, 0.25) is 0 Å². The maximum absolute atomic E-state index is 12.8. The average molecular weight is 1030 g/mol. The molecule has 0 amide bonds. The number of allylic oxidation sites excluding steroid dienone is 12. The first-order valence-electron chi connectivity index (χ1n) is 31.9. The third-order valence-electron chi connectivity index (χ3n) is 13.9. The smallest absolute Gasteiger partial charge is 0.306 e. The van der Waals surface area contributed by atoms with Crippen LogP contribution in [-0.2, 0) is 28.6 Å². The molecule has 1 unspecified atom stereocenters. The van der Waals surface area contributed by atoms with Gasteiger partial charge < -0.3 is 14.2 Å². The third kappa shape index (κ3) is 59.7. The summed E-state index contributed by atoms with van der Waals surface area (Å²) in [6, 6.07) is 0. The number of carbonyl (C=O) groups excluding carboxylic acids is 3. The molecule has 0 aliphatic heterocycles. The molecule has 0 aliphatic carbocycles. The number of esters is 3. The predicted molar refractivity (Wildman–Crippen MR) is 321 cm³/mol. The summed E-state index contributed by atoms with van der Waals surface area (Å²) < 4.78 is 16.9. The number of hydrogen-bond acceptors (Lipinski definition) is 6. The van der Waals surface area contributed by atoms with Crippen molar-refractivity contribution in [1.29, 1.82) is 0 Å². The lowest BCUT2D eigenvalue weighted by Crippen LogP contribution is -2.30. The van der Waals surface area contributed by atoms with Crippen molar-refractivity contribution in [1.82, 2.24) is 0 Å². The molecule has 428 valence electrons. The van der Waals surface area contributed by atoms with Gasteiger partial charge in [0.15, 0.2) is 6.10 Å². The fourth-order valence-corrected chi connectivity index (χ4v) is 9.17.